The van der Waals surface area contributed by atoms with Gasteiger partial charge in [-0.25, -0.2) is 0 Å². The molecular weight excluding hydrogens is 1020 g/mol. The molecule has 0 spiro atoms. The zero-order valence-corrected chi connectivity index (χ0v) is 45.3. The Morgan fingerprint density at radius 3 is 1.71 bits per heavy atom. The van der Waals surface area contributed by atoms with E-state index in [0.717, 1.165) is 18.8 Å². The number of aliphatic hydroxyl groups excluding tert-OH is 4. The number of nitrogens with zero attached hydrogens (tertiary/aromatic N) is 1. The molecule has 1 aromatic rings. The maximum absolute atomic E-state index is 11.1. The van der Waals surface area contributed by atoms with Crippen molar-refractivity contribution in [2.24, 2.45) is 0 Å². The van der Waals surface area contributed by atoms with Crippen LogP contribution in [0.2, 0.25) is 0 Å². The smallest absolute Gasteiger partial charge is 0.303 e. The van der Waals surface area contributed by atoms with E-state index in [0.29, 0.717) is 45.7 Å². The van der Waals surface area contributed by atoms with Crippen molar-refractivity contribution in [2.45, 2.75) is 160 Å². The van der Waals surface area contributed by atoms with E-state index in [-0.39, 0.29) is 32.0 Å². The van der Waals surface area contributed by atoms with Crippen LogP contribution in [0.15, 0.2) is 42.7 Å². The van der Waals surface area contributed by atoms with Crippen molar-refractivity contribution in [3.63, 3.8) is 0 Å². The van der Waals surface area contributed by atoms with Gasteiger partial charge in [-0.05, 0) is 31.8 Å². The van der Waals surface area contributed by atoms with Crippen LogP contribution in [0.5, 0.6) is 0 Å². The number of rotatable bonds is 11. The molecule has 0 aliphatic carbocycles. The highest BCUT2D eigenvalue weighted by atomic mass is 16.7. The molecule has 0 aromatic heterocycles. The molecule has 6 aliphatic heterocycles. The lowest BCUT2D eigenvalue weighted by molar-refractivity contribution is -0.298. The summed E-state index contributed by atoms with van der Waals surface area (Å²) in [6, 6.07) is 11.5. The summed E-state index contributed by atoms with van der Waals surface area (Å²) in [6.45, 7) is 12.4. The fraction of sp³-hybridized carbons (Fsp3) is 0.694. The van der Waals surface area contributed by atoms with E-state index >= 15 is 0 Å². The zero-order valence-electron chi connectivity index (χ0n) is 45.3. The van der Waals surface area contributed by atoms with E-state index in [1.807, 2.05) is 30.3 Å². The highest BCUT2D eigenvalue weighted by Gasteiger charge is 2.42. The molecule has 0 saturated carbocycles. The van der Waals surface area contributed by atoms with Gasteiger partial charge in [-0.15, -0.1) is 0 Å². The van der Waals surface area contributed by atoms with E-state index in [2.05, 4.69) is 0 Å². The Hall–Kier alpha value is -5.01. The summed E-state index contributed by atoms with van der Waals surface area (Å²) in [6.07, 6.45) is -1.52. The van der Waals surface area contributed by atoms with Gasteiger partial charge in [0.2, 0.25) is 0 Å². The van der Waals surface area contributed by atoms with Crippen molar-refractivity contribution in [1.82, 2.24) is 0 Å². The third-order valence-corrected chi connectivity index (χ3v) is 10.8. The van der Waals surface area contributed by atoms with Gasteiger partial charge in [0.15, 0.2) is 30.7 Å². The number of hydrogen-bond donors (Lipinski definition) is 4. The van der Waals surface area contributed by atoms with Crippen molar-refractivity contribution >= 4 is 72.5 Å². The van der Waals surface area contributed by atoms with Gasteiger partial charge in [0.05, 0.1) is 44.4 Å². The van der Waals surface area contributed by atoms with Gasteiger partial charge < -0.3 is 82.0 Å². The molecule has 5 saturated heterocycles. The molecule has 7 rings (SSSR count). The Morgan fingerprint density at radius 1 is 0.692 bits per heavy atom. The van der Waals surface area contributed by atoms with Gasteiger partial charge in [0, 0.05) is 124 Å². The Morgan fingerprint density at radius 2 is 1.21 bits per heavy atom. The van der Waals surface area contributed by atoms with Gasteiger partial charge in [0.25, 0.3) is 0 Å². The molecular formula is C49H73B5NO23. The van der Waals surface area contributed by atoms with Crippen LogP contribution >= 0.6 is 0 Å². The lowest BCUT2D eigenvalue weighted by Gasteiger charge is -2.41. The van der Waals surface area contributed by atoms with Crippen LogP contribution in [0.25, 0.3) is 0 Å². The quantitative estimate of drug-likeness (QED) is 0.125. The summed E-state index contributed by atoms with van der Waals surface area (Å²) < 4.78 is 67.4. The summed E-state index contributed by atoms with van der Waals surface area (Å²) in [5, 5.41) is 44.0. The number of fused-ring (bicyclic) bond motifs is 1. The molecule has 1 aromatic carbocycles. The van der Waals surface area contributed by atoms with Gasteiger partial charge in [-0.1, -0.05) is 30.3 Å². The Balaban J connectivity index is 0.000000488. The highest BCUT2D eigenvalue weighted by Crippen LogP contribution is 2.32. The monoisotopic (exact) mass is 1100 g/mol. The average Bonchev–Trinajstić information content (AvgIpc) is 3.99. The third-order valence-electron chi connectivity index (χ3n) is 10.8. The summed E-state index contributed by atoms with van der Waals surface area (Å²) in [4.78, 5) is 65.8. The number of esters is 6. The highest BCUT2D eigenvalue weighted by molar-refractivity contribution is 7.60. The number of aliphatic hydroxyl groups is 4. The second kappa shape index (κ2) is 41.1. The van der Waals surface area contributed by atoms with Gasteiger partial charge in [-0.2, -0.15) is 5.26 Å². The molecule has 6 aliphatic rings. The van der Waals surface area contributed by atoms with Gasteiger partial charge >= 0.3 is 35.8 Å². The maximum atomic E-state index is 11.1. The summed E-state index contributed by atoms with van der Waals surface area (Å²) in [7, 11) is 15.8. The fourth-order valence-corrected chi connectivity index (χ4v) is 7.29. The van der Waals surface area contributed by atoms with E-state index in [1.165, 1.54) is 80.7 Å². The Bertz CT molecular complexity index is 1940. The molecule has 24 nitrogen and oxygen atoms in total. The Labute approximate surface area is 461 Å². The fourth-order valence-electron chi connectivity index (χ4n) is 7.29. The molecule has 7 radical (unpaired) electrons. The van der Waals surface area contributed by atoms with Crippen LogP contribution in [0.3, 0.4) is 0 Å². The molecule has 6 heterocycles. The minimum atomic E-state index is -0.932. The minimum Gasteiger partial charge on any atom is -0.491 e. The van der Waals surface area contributed by atoms with Gasteiger partial charge in [0.1, 0.15) is 49.8 Å². The van der Waals surface area contributed by atoms with E-state index < -0.39 is 110 Å². The topological polar surface area (TPSA) is 327 Å². The van der Waals surface area contributed by atoms with Crippen LogP contribution in [0.4, 0.5) is 0 Å². The molecule has 0 bridgehead atoms. The van der Waals surface area contributed by atoms with Crippen molar-refractivity contribution in [2.75, 3.05) is 59.5 Å². The molecule has 4 N–H and O–H groups in total. The number of nitriles is 1. The van der Waals surface area contributed by atoms with Crippen molar-refractivity contribution in [1.29, 1.82) is 5.26 Å². The predicted octanol–water partition coefficient (Wildman–Crippen LogP) is -0.310. The van der Waals surface area contributed by atoms with Crippen LogP contribution in [-0.4, -0.2) is 226 Å². The molecule has 29 heteroatoms. The molecule has 0 amide bonds. The number of benzene rings is 1. The lowest BCUT2D eigenvalue weighted by Crippen LogP contribution is -2.52. The van der Waals surface area contributed by atoms with Crippen LogP contribution in [0, 0.1) is 11.3 Å². The average molecular weight is 1100 g/mol. The second-order valence-electron chi connectivity index (χ2n) is 17.4. The van der Waals surface area contributed by atoms with E-state index in [9.17, 15) is 33.9 Å². The molecule has 5 fully saturated rings. The van der Waals surface area contributed by atoms with Crippen LogP contribution < -0.4 is 0 Å². The molecule has 13 atom stereocenters. The number of ether oxygens (including phenoxy) is 13. The first-order chi connectivity index (χ1) is 37.1. The summed E-state index contributed by atoms with van der Waals surface area (Å²) in [5.74, 6) is -2.98. The standard InChI is InChI=1S/C13H16O4.C12H18O7.C12H16O7.C6H12O4.C4H8O.C2H3N.B5/c14-10-6-7-15-11-8-16-13(17-12(10)11)9-4-2-1-3-5-9;2*1-7(13)17-6-11-12(19-9(3)15)10(4-5-16-11)18-8(2)14;7-3-5-6(9)4(8)1-2-10-5;1-2-4-5-3-1;1-2-3;1-4-5(2)3/h1-5,10-14H,6-8H2;10-12H,4-6H2,1-3H3;4-5,10-12H,6H2,1-3H3;4-9H,1-3H2;1-4H2;1H3;. The zero-order chi connectivity index (χ0) is 58.6. The van der Waals surface area contributed by atoms with Crippen molar-refractivity contribution < 1.29 is 111 Å². The first kappa shape index (κ1) is 71.0. The lowest BCUT2D eigenvalue weighted by atomic mass is 8.97. The number of hydrogen-bond acceptors (Lipinski definition) is 24. The van der Waals surface area contributed by atoms with Crippen molar-refractivity contribution in [3.05, 3.63) is 48.2 Å². The second-order valence-corrected chi connectivity index (χ2v) is 17.4. The summed E-state index contributed by atoms with van der Waals surface area (Å²) in [5.41, 5.74) is 0.976. The normalized spacial score (nSPS) is 28.1. The minimum absolute atomic E-state index is 0.0506. The first-order valence-corrected chi connectivity index (χ1v) is 25.1. The largest absolute Gasteiger partial charge is 0.491 e. The van der Waals surface area contributed by atoms with Crippen LogP contribution in [-0.2, 0) is 90.3 Å². The maximum Gasteiger partial charge on any atom is 0.303 e. The first-order valence-electron chi connectivity index (χ1n) is 25.1. The van der Waals surface area contributed by atoms with Crippen molar-refractivity contribution in [3.8, 4) is 6.07 Å². The number of carbonyl (C=O) groups excluding carboxylic acids is 6. The van der Waals surface area contributed by atoms with E-state index in [4.69, 9.17) is 105 Å². The molecule has 78 heavy (non-hydrogen) atoms. The molecule has 13 unspecified atom stereocenters. The number of carbonyl (C=O) groups is 6. The van der Waals surface area contributed by atoms with E-state index in [1.54, 1.807) is 6.07 Å². The predicted molar refractivity (Wildman–Crippen MR) is 278 cm³/mol. The SMILES string of the molecule is C1CCOC1.CC#N.CC(=O)OCC1OC=CC(OC(C)=O)C1OC(C)=O.CC(=O)OCC1OCCC(OC(C)=O)C1OC(C)=O.OC1CCOC2COC(c3ccccc3)OC12.OCC1OCCC(O)C1O.[B][B]B([B])[B]. The Kier molecular flexibility index (Phi) is 37.4. The van der Waals surface area contributed by atoms with Crippen LogP contribution in [0.1, 0.15) is 92.4 Å². The summed E-state index contributed by atoms with van der Waals surface area (Å²) >= 11 is 0. The third kappa shape index (κ3) is 30.4. The van der Waals surface area contributed by atoms with Gasteiger partial charge in [-0.3, -0.25) is 28.8 Å². The molecule has 427 valence electrons.